The molecule has 1 aromatic carbocycles. The van der Waals surface area contributed by atoms with Gasteiger partial charge in [0.25, 0.3) is 5.89 Å². The predicted octanol–water partition coefficient (Wildman–Crippen LogP) is 2.10. The topological polar surface area (TPSA) is 89.0 Å². The fourth-order valence-electron chi connectivity index (χ4n) is 2.71. The van der Waals surface area contributed by atoms with E-state index in [1.54, 1.807) is 6.92 Å². The second kappa shape index (κ2) is 6.49. The molecule has 3 rings (SSSR count). The zero-order valence-electron chi connectivity index (χ0n) is 14.2. The summed E-state index contributed by atoms with van der Waals surface area (Å²) in [7, 11) is 0. The van der Waals surface area contributed by atoms with Crippen LogP contribution in [-0.4, -0.2) is 21.8 Å². The molecule has 1 aliphatic rings. The first-order valence-electron chi connectivity index (χ1n) is 8.06. The highest BCUT2D eigenvalue weighted by atomic mass is 16.5. The van der Waals surface area contributed by atoms with Crippen LogP contribution in [0.4, 0.5) is 0 Å². The highest BCUT2D eigenvalue weighted by Gasteiger charge is 2.29. The summed E-state index contributed by atoms with van der Waals surface area (Å²) in [5.74, 6) is 1.07. The first kappa shape index (κ1) is 16.3. The Morgan fingerprint density at radius 3 is 2.67 bits per heavy atom. The molecule has 0 amide bonds. The van der Waals surface area contributed by atoms with Gasteiger partial charge in [0.05, 0.1) is 5.57 Å². The third-order valence-corrected chi connectivity index (χ3v) is 3.72. The Morgan fingerprint density at radius 1 is 1.29 bits per heavy atom. The molecule has 6 heteroatoms. The van der Waals surface area contributed by atoms with Crippen molar-refractivity contribution >= 4 is 5.57 Å². The normalized spacial score (nSPS) is 20.4. The number of allylic oxidation sites excluding steroid dienone is 1. The van der Waals surface area contributed by atoms with Crippen LogP contribution in [0.3, 0.4) is 0 Å². The Labute approximate surface area is 141 Å². The molecule has 0 aliphatic carbocycles. The molecule has 0 bridgehead atoms. The zero-order valence-corrected chi connectivity index (χ0v) is 14.2. The van der Waals surface area contributed by atoms with Crippen molar-refractivity contribution in [1.29, 1.82) is 0 Å². The lowest BCUT2D eigenvalue weighted by molar-refractivity contribution is 0.399. The molecule has 1 unspecified atom stereocenters. The Bertz CT molecular complexity index is 763. The van der Waals surface area contributed by atoms with Crippen LogP contribution in [0.25, 0.3) is 5.57 Å². The molecule has 0 spiro atoms. The molecular formula is C18H23N5O. The molecule has 24 heavy (non-hydrogen) atoms. The van der Waals surface area contributed by atoms with Gasteiger partial charge in [0.1, 0.15) is 5.66 Å². The predicted molar refractivity (Wildman–Crippen MR) is 93.6 cm³/mol. The van der Waals surface area contributed by atoms with Crippen LogP contribution in [0.5, 0.6) is 0 Å². The number of aromatic nitrogens is 2. The van der Waals surface area contributed by atoms with Gasteiger partial charge >= 0.3 is 0 Å². The van der Waals surface area contributed by atoms with Gasteiger partial charge in [-0.1, -0.05) is 35.5 Å². The van der Waals surface area contributed by atoms with E-state index in [-0.39, 0.29) is 6.04 Å². The van der Waals surface area contributed by atoms with Gasteiger partial charge in [-0.25, -0.2) is 0 Å². The van der Waals surface area contributed by atoms with E-state index in [2.05, 4.69) is 46.8 Å². The van der Waals surface area contributed by atoms with Crippen molar-refractivity contribution in [3.05, 3.63) is 65.6 Å². The fourth-order valence-corrected chi connectivity index (χ4v) is 2.71. The first-order valence-corrected chi connectivity index (χ1v) is 8.06. The van der Waals surface area contributed by atoms with Gasteiger partial charge in [0, 0.05) is 24.4 Å². The molecule has 2 heterocycles. The van der Waals surface area contributed by atoms with Gasteiger partial charge in [0.2, 0.25) is 0 Å². The smallest absolute Gasteiger partial charge is 0.261 e. The van der Waals surface area contributed by atoms with Crippen LogP contribution < -0.4 is 16.4 Å². The first-order chi connectivity index (χ1) is 11.5. The van der Waals surface area contributed by atoms with Gasteiger partial charge in [-0.05, 0) is 32.4 Å². The minimum atomic E-state index is -0.683. The minimum Gasteiger partial charge on any atom is -0.382 e. The Hall–Kier alpha value is -2.60. The van der Waals surface area contributed by atoms with E-state index in [0.29, 0.717) is 18.1 Å². The molecule has 0 fully saturated rings. The van der Waals surface area contributed by atoms with Crippen molar-refractivity contribution in [1.82, 2.24) is 20.8 Å². The van der Waals surface area contributed by atoms with Gasteiger partial charge in [-0.2, -0.15) is 4.98 Å². The van der Waals surface area contributed by atoms with E-state index < -0.39 is 5.66 Å². The lowest BCUT2D eigenvalue weighted by Crippen LogP contribution is -2.54. The third kappa shape index (κ3) is 3.65. The van der Waals surface area contributed by atoms with E-state index in [0.717, 1.165) is 16.8 Å². The standard InChI is InChI=1S/C18H23N5O/c1-12(2)21-16-10-18(19,9-14-7-5-4-6-8-14)20-11-15(16)17-22-13(3)23-24-17/h4-8,10-12,20-21H,9,19H2,1-3H3. The molecular weight excluding hydrogens is 302 g/mol. The number of nitrogens with one attached hydrogen (secondary N) is 2. The summed E-state index contributed by atoms with van der Waals surface area (Å²) in [5.41, 5.74) is 8.76. The maximum absolute atomic E-state index is 6.56. The van der Waals surface area contributed by atoms with Crippen molar-refractivity contribution in [2.45, 2.75) is 38.9 Å². The van der Waals surface area contributed by atoms with E-state index in [4.69, 9.17) is 10.3 Å². The summed E-state index contributed by atoms with van der Waals surface area (Å²) in [4.78, 5) is 4.32. The lowest BCUT2D eigenvalue weighted by Gasteiger charge is -2.33. The summed E-state index contributed by atoms with van der Waals surface area (Å²) in [6.07, 6.45) is 4.51. The monoisotopic (exact) mass is 325 g/mol. The van der Waals surface area contributed by atoms with Gasteiger partial charge in [-0.15, -0.1) is 0 Å². The number of aryl methyl sites for hydroxylation is 1. The Morgan fingerprint density at radius 2 is 2.04 bits per heavy atom. The van der Waals surface area contributed by atoms with E-state index in [9.17, 15) is 0 Å². The van der Waals surface area contributed by atoms with E-state index in [1.165, 1.54) is 0 Å². The molecule has 0 saturated carbocycles. The van der Waals surface area contributed by atoms with Crippen LogP contribution in [-0.2, 0) is 6.42 Å². The SMILES string of the molecule is Cc1noc(C2=CNC(N)(Cc3ccccc3)C=C2NC(C)C)n1. The van der Waals surface area contributed by atoms with Crippen molar-refractivity contribution in [3.63, 3.8) is 0 Å². The van der Waals surface area contributed by atoms with Crippen LogP contribution in [0.1, 0.15) is 31.1 Å². The summed E-state index contributed by atoms with van der Waals surface area (Å²) in [6.45, 7) is 5.95. The summed E-state index contributed by atoms with van der Waals surface area (Å²) < 4.78 is 5.31. The second-order valence-corrected chi connectivity index (χ2v) is 6.41. The molecule has 4 N–H and O–H groups in total. The molecule has 126 valence electrons. The van der Waals surface area contributed by atoms with Crippen LogP contribution in [0.15, 0.2) is 52.8 Å². The lowest BCUT2D eigenvalue weighted by atomic mass is 9.95. The van der Waals surface area contributed by atoms with Crippen LogP contribution in [0.2, 0.25) is 0 Å². The number of hydrogen-bond donors (Lipinski definition) is 3. The fraction of sp³-hybridized carbons (Fsp3) is 0.333. The number of nitrogens with zero attached hydrogens (tertiary/aromatic N) is 2. The molecule has 1 atom stereocenters. The highest BCUT2D eigenvalue weighted by molar-refractivity contribution is 5.75. The summed E-state index contributed by atoms with van der Waals surface area (Å²) in [6, 6.07) is 10.4. The molecule has 2 aromatic rings. The van der Waals surface area contributed by atoms with E-state index in [1.807, 2.05) is 30.5 Å². The van der Waals surface area contributed by atoms with Crippen molar-refractivity contribution in [2.75, 3.05) is 0 Å². The Kier molecular flexibility index (Phi) is 4.40. The average Bonchev–Trinajstić information content (AvgIpc) is 2.94. The molecule has 1 aromatic heterocycles. The highest BCUT2D eigenvalue weighted by Crippen LogP contribution is 2.26. The maximum Gasteiger partial charge on any atom is 0.261 e. The van der Waals surface area contributed by atoms with Gasteiger partial charge in [-0.3, -0.25) is 0 Å². The number of rotatable bonds is 5. The summed E-state index contributed by atoms with van der Waals surface area (Å²) in [5, 5.41) is 10.6. The molecule has 0 radical (unpaired) electrons. The van der Waals surface area contributed by atoms with Gasteiger partial charge < -0.3 is 20.9 Å². The molecule has 6 nitrogen and oxygen atoms in total. The van der Waals surface area contributed by atoms with Crippen molar-refractivity contribution < 1.29 is 4.52 Å². The molecule has 0 saturated heterocycles. The summed E-state index contributed by atoms with van der Waals surface area (Å²) >= 11 is 0. The quantitative estimate of drug-likeness (QED) is 0.780. The van der Waals surface area contributed by atoms with Crippen LogP contribution in [0, 0.1) is 6.92 Å². The number of dihydropyridines is 1. The van der Waals surface area contributed by atoms with Crippen molar-refractivity contribution in [2.24, 2.45) is 5.73 Å². The third-order valence-electron chi connectivity index (χ3n) is 3.72. The largest absolute Gasteiger partial charge is 0.382 e. The number of hydrogen-bond acceptors (Lipinski definition) is 6. The van der Waals surface area contributed by atoms with Crippen molar-refractivity contribution in [3.8, 4) is 0 Å². The van der Waals surface area contributed by atoms with E-state index >= 15 is 0 Å². The Balaban J connectivity index is 1.90. The molecule has 1 aliphatic heterocycles. The van der Waals surface area contributed by atoms with Crippen LogP contribution >= 0.6 is 0 Å². The number of nitrogens with two attached hydrogens (primary N) is 1. The van der Waals surface area contributed by atoms with Gasteiger partial charge in [0.15, 0.2) is 5.82 Å². The second-order valence-electron chi connectivity index (χ2n) is 6.41. The maximum atomic E-state index is 6.56. The zero-order chi connectivity index (χ0) is 17.2. The average molecular weight is 325 g/mol. The number of benzene rings is 1. The minimum absolute atomic E-state index is 0.253.